The van der Waals surface area contributed by atoms with E-state index in [1.54, 1.807) is 0 Å². The van der Waals surface area contributed by atoms with Crippen molar-refractivity contribution in [2.24, 2.45) is 7.05 Å². The molecule has 0 fully saturated rings. The van der Waals surface area contributed by atoms with E-state index >= 15 is 0 Å². The molecule has 0 aliphatic rings. The Morgan fingerprint density at radius 3 is 2.62 bits per heavy atom. The van der Waals surface area contributed by atoms with Crippen LogP contribution >= 0.6 is 11.6 Å². The topological polar surface area (TPSA) is 47.7 Å². The van der Waals surface area contributed by atoms with Crippen molar-refractivity contribution in [3.8, 4) is 0 Å². The summed E-state index contributed by atoms with van der Waals surface area (Å²) in [6.45, 7) is 9.96. The smallest absolute Gasteiger partial charge is 0.0869 e. The molecule has 6 heteroatoms. The molecule has 0 spiro atoms. The van der Waals surface area contributed by atoms with E-state index in [1.807, 2.05) is 28.8 Å². The third-order valence-electron chi connectivity index (χ3n) is 3.32. The minimum absolute atomic E-state index is 0.101. The van der Waals surface area contributed by atoms with Gasteiger partial charge in [-0.3, -0.25) is 9.36 Å². The maximum Gasteiger partial charge on any atom is 0.0869 e. The van der Waals surface area contributed by atoms with Gasteiger partial charge in [0.2, 0.25) is 0 Å². The lowest BCUT2D eigenvalue weighted by molar-refractivity contribution is 0.424. The molecular formula is C15H24ClN5. The van der Waals surface area contributed by atoms with E-state index < -0.39 is 0 Å². The van der Waals surface area contributed by atoms with Crippen molar-refractivity contribution in [2.75, 3.05) is 0 Å². The molecule has 2 aromatic heterocycles. The molecule has 0 bridgehead atoms. The van der Waals surface area contributed by atoms with Crippen LogP contribution in [0.25, 0.3) is 0 Å². The van der Waals surface area contributed by atoms with Crippen molar-refractivity contribution in [3.05, 3.63) is 34.4 Å². The van der Waals surface area contributed by atoms with Gasteiger partial charge < -0.3 is 5.32 Å². The van der Waals surface area contributed by atoms with Crippen molar-refractivity contribution in [2.45, 2.75) is 52.7 Å². The van der Waals surface area contributed by atoms with E-state index in [0.29, 0.717) is 6.54 Å². The van der Waals surface area contributed by atoms with Crippen LogP contribution in [0.5, 0.6) is 0 Å². The molecule has 2 heterocycles. The fourth-order valence-corrected chi connectivity index (χ4v) is 2.45. The van der Waals surface area contributed by atoms with Gasteiger partial charge in [-0.05, 0) is 27.2 Å². The zero-order valence-corrected chi connectivity index (χ0v) is 14.2. The second-order valence-corrected chi connectivity index (χ2v) is 6.71. The summed E-state index contributed by atoms with van der Waals surface area (Å²) in [6, 6.07) is 0. The molecule has 1 N–H and O–H groups in total. The monoisotopic (exact) mass is 309 g/mol. The van der Waals surface area contributed by atoms with Gasteiger partial charge in [0, 0.05) is 30.9 Å². The highest BCUT2D eigenvalue weighted by Crippen LogP contribution is 2.21. The van der Waals surface area contributed by atoms with Crippen LogP contribution in [0.1, 0.15) is 44.6 Å². The molecule has 0 unspecified atom stereocenters. The molecule has 2 rings (SSSR count). The van der Waals surface area contributed by atoms with E-state index in [1.165, 1.54) is 5.56 Å². The molecule has 0 aromatic carbocycles. The first-order chi connectivity index (χ1) is 9.80. The summed E-state index contributed by atoms with van der Waals surface area (Å²) >= 11 is 6.37. The van der Waals surface area contributed by atoms with E-state index in [2.05, 4.69) is 43.2 Å². The maximum atomic E-state index is 6.37. The Bertz CT molecular complexity index is 606. The normalized spacial score (nSPS) is 12.1. The molecular weight excluding hydrogens is 286 g/mol. The Labute approximate surface area is 131 Å². The Hall–Kier alpha value is -1.33. The second-order valence-electron chi connectivity index (χ2n) is 6.33. The maximum absolute atomic E-state index is 6.37. The molecule has 0 saturated carbocycles. The summed E-state index contributed by atoms with van der Waals surface area (Å²) < 4.78 is 3.75. The van der Waals surface area contributed by atoms with Gasteiger partial charge in [0.25, 0.3) is 0 Å². The molecule has 0 saturated heterocycles. The average molecular weight is 310 g/mol. The van der Waals surface area contributed by atoms with Gasteiger partial charge in [0.1, 0.15) is 0 Å². The molecule has 0 aliphatic carbocycles. The first-order valence-corrected chi connectivity index (χ1v) is 7.64. The number of nitrogens with one attached hydrogen (secondary N) is 1. The van der Waals surface area contributed by atoms with Crippen molar-refractivity contribution in [3.63, 3.8) is 0 Å². The van der Waals surface area contributed by atoms with Crippen molar-refractivity contribution >= 4 is 11.6 Å². The highest BCUT2D eigenvalue weighted by Gasteiger charge is 2.14. The van der Waals surface area contributed by atoms with Crippen LogP contribution < -0.4 is 5.32 Å². The van der Waals surface area contributed by atoms with Crippen molar-refractivity contribution < 1.29 is 0 Å². The van der Waals surface area contributed by atoms with Crippen LogP contribution in [-0.4, -0.2) is 25.1 Å². The number of rotatable bonds is 5. The highest BCUT2D eigenvalue weighted by atomic mass is 35.5. The summed E-state index contributed by atoms with van der Waals surface area (Å²) in [5, 5.41) is 13.0. The van der Waals surface area contributed by atoms with Gasteiger partial charge in [-0.1, -0.05) is 18.5 Å². The predicted octanol–water partition coefficient (Wildman–Crippen LogP) is 2.77. The summed E-state index contributed by atoms with van der Waals surface area (Å²) in [7, 11) is 1.92. The highest BCUT2D eigenvalue weighted by molar-refractivity contribution is 6.31. The van der Waals surface area contributed by atoms with Crippen molar-refractivity contribution in [1.82, 2.24) is 24.9 Å². The Morgan fingerprint density at radius 1 is 1.33 bits per heavy atom. The van der Waals surface area contributed by atoms with E-state index in [-0.39, 0.29) is 5.54 Å². The van der Waals surface area contributed by atoms with Crippen LogP contribution in [0.15, 0.2) is 12.4 Å². The number of nitrogens with zero attached hydrogens (tertiary/aromatic N) is 4. The van der Waals surface area contributed by atoms with Crippen molar-refractivity contribution in [1.29, 1.82) is 0 Å². The third-order valence-corrected chi connectivity index (χ3v) is 3.76. The molecule has 5 nitrogen and oxygen atoms in total. The molecule has 0 aliphatic heterocycles. The number of aromatic nitrogens is 4. The first kappa shape index (κ1) is 16.0. The largest absolute Gasteiger partial charge is 0.308 e. The fourth-order valence-electron chi connectivity index (χ4n) is 2.10. The molecule has 0 amide bonds. The van der Waals surface area contributed by atoms with Gasteiger partial charge in [0.15, 0.2) is 0 Å². The minimum Gasteiger partial charge on any atom is -0.308 e. The van der Waals surface area contributed by atoms with E-state index in [9.17, 15) is 0 Å². The van der Waals surface area contributed by atoms with Gasteiger partial charge in [-0.2, -0.15) is 10.2 Å². The summed E-state index contributed by atoms with van der Waals surface area (Å²) in [6.07, 6.45) is 4.78. The van der Waals surface area contributed by atoms with Crippen LogP contribution in [0.4, 0.5) is 0 Å². The fraction of sp³-hybridized carbons (Fsp3) is 0.600. The minimum atomic E-state index is 0.101. The lowest BCUT2D eigenvalue weighted by Crippen LogP contribution is -2.34. The second kappa shape index (κ2) is 6.20. The zero-order chi connectivity index (χ0) is 15.6. The SMILES string of the molecule is CCc1nn(C)c(Cn2cc(CNC(C)(C)C)cn2)c1Cl. The Balaban J connectivity index is 2.08. The lowest BCUT2D eigenvalue weighted by Gasteiger charge is -2.19. The van der Waals surface area contributed by atoms with Gasteiger partial charge in [0.05, 0.1) is 29.2 Å². The number of halogens is 1. The van der Waals surface area contributed by atoms with Crippen LogP contribution in [0.2, 0.25) is 5.02 Å². The number of aryl methyl sites for hydroxylation is 2. The number of hydrogen-bond acceptors (Lipinski definition) is 3. The summed E-state index contributed by atoms with van der Waals surface area (Å²) in [4.78, 5) is 0. The number of hydrogen-bond donors (Lipinski definition) is 1. The Kier molecular flexibility index (Phi) is 4.74. The molecule has 0 radical (unpaired) electrons. The predicted molar refractivity (Wildman–Crippen MR) is 85.5 cm³/mol. The molecule has 2 aromatic rings. The molecule has 21 heavy (non-hydrogen) atoms. The van der Waals surface area contributed by atoms with Crippen LogP contribution in [-0.2, 0) is 26.6 Å². The average Bonchev–Trinajstić information content (AvgIpc) is 2.95. The third kappa shape index (κ3) is 4.08. The lowest BCUT2D eigenvalue weighted by atomic mass is 10.1. The van der Waals surface area contributed by atoms with E-state index in [4.69, 9.17) is 11.6 Å². The molecule has 116 valence electrons. The quantitative estimate of drug-likeness (QED) is 0.924. The van der Waals surface area contributed by atoms with Gasteiger partial charge in [-0.25, -0.2) is 0 Å². The summed E-state index contributed by atoms with van der Waals surface area (Å²) in [5.74, 6) is 0. The van der Waals surface area contributed by atoms with Gasteiger partial charge in [-0.15, -0.1) is 0 Å². The van der Waals surface area contributed by atoms with E-state index in [0.717, 1.165) is 29.4 Å². The van der Waals surface area contributed by atoms with Crippen LogP contribution in [0.3, 0.4) is 0 Å². The van der Waals surface area contributed by atoms with Gasteiger partial charge >= 0.3 is 0 Å². The zero-order valence-electron chi connectivity index (χ0n) is 13.4. The first-order valence-electron chi connectivity index (χ1n) is 7.26. The Morgan fingerprint density at radius 2 is 2.05 bits per heavy atom. The standard InChI is InChI=1S/C15H24ClN5/c1-6-12-14(16)13(20(5)19-12)10-21-9-11(8-18-21)7-17-15(2,3)4/h8-9,17H,6-7,10H2,1-5H3. The van der Waals surface area contributed by atoms with Crippen LogP contribution in [0, 0.1) is 0 Å². The summed E-state index contributed by atoms with van der Waals surface area (Å²) in [5.41, 5.74) is 3.20. The molecule has 0 atom stereocenters.